The first-order chi connectivity index (χ1) is 9.27. The minimum atomic E-state index is -1.52. The molecule has 118 valence electrons. The molecule has 1 fully saturated rings. The molecule has 0 saturated carbocycles. The van der Waals surface area contributed by atoms with Crippen molar-refractivity contribution >= 4 is 5.91 Å². The van der Waals surface area contributed by atoms with Crippen LogP contribution in [-0.4, -0.2) is 69.6 Å². The third-order valence-corrected chi connectivity index (χ3v) is 3.24. The van der Waals surface area contributed by atoms with Crippen LogP contribution in [0, 0.1) is 5.92 Å². The zero-order valence-electron chi connectivity index (χ0n) is 11.6. The third-order valence-electron chi connectivity index (χ3n) is 3.24. The normalized spacial score (nSPS) is 35.9. The summed E-state index contributed by atoms with van der Waals surface area (Å²) in [6.45, 7) is 3.29. The summed E-state index contributed by atoms with van der Waals surface area (Å²) in [5, 5.41) is 40.4. The summed E-state index contributed by atoms with van der Waals surface area (Å²) in [5.41, 5.74) is 5.70. The van der Waals surface area contributed by atoms with E-state index in [4.69, 9.17) is 15.6 Å². The first-order valence-corrected chi connectivity index (χ1v) is 6.64. The first-order valence-electron chi connectivity index (χ1n) is 6.64. The molecule has 0 aromatic carbocycles. The fraction of sp³-hybridized carbons (Fsp3) is 0.917. The predicted octanol–water partition coefficient (Wildman–Crippen LogP) is -2.72. The van der Waals surface area contributed by atoms with Gasteiger partial charge in [-0.05, 0) is 12.3 Å². The van der Waals surface area contributed by atoms with Gasteiger partial charge in [0.25, 0.3) is 0 Å². The van der Waals surface area contributed by atoms with Crippen molar-refractivity contribution in [2.24, 2.45) is 11.7 Å². The third kappa shape index (κ3) is 4.11. The molecule has 0 aliphatic carbocycles. The van der Waals surface area contributed by atoms with Gasteiger partial charge in [-0.3, -0.25) is 4.79 Å². The number of aliphatic hydroxyl groups is 4. The molecule has 0 bridgehead atoms. The van der Waals surface area contributed by atoms with Crippen LogP contribution < -0.4 is 11.1 Å². The highest BCUT2D eigenvalue weighted by atomic mass is 16.6. The number of hydrogen-bond donors (Lipinski definition) is 6. The van der Waals surface area contributed by atoms with Crippen molar-refractivity contribution in [3.8, 4) is 0 Å². The molecule has 8 heteroatoms. The summed E-state index contributed by atoms with van der Waals surface area (Å²) in [5.74, 6) is -0.298. The largest absolute Gasteiger partial charge is 0.394 e. The number of hydrogen-bond acceptors (Lipinski definition) is 7. The van der Waals surface area contributed by atoms with E-state index < -0.39 is 49.2 Å². The molecular formula is C12H24N2O6. The molecule has 1 amide bonds. The van der Waals surface area contributed by atoms with E-state index in [-0.39, 0.29) is 5.92 Å². The highest BCUT2D eigenvalue weighted by Gasteiger charge is 2.44. The lowest BCUT2D eigenvalue weighted by atomic mass is 9.98. The minimum Gasteiger partial charge on any atom is -0.394 e. The van der Waals surface area contributed by atoms with Crippen LogP contribution in [0.25, 0.3) is 0 Å². The highest BCUT2D eigenvalue weighted by molar-refractivity contribution is 5.81. The van der Waals surface area contributed by atoms with Crippen molar-refractivity contribution in [3.05, 3.63) is 0 Å². The molecule has 0 aromatic heterocycles. The van der Waals surface area contributed by atoms with E-state index in [0.29, 0.717) is 6.42 Å². The molecule has 0 aromatic rings. The maximum absolute atomic E-state index is 11.8. The molecule has 1 aliphatic rings. The number of aliphatic hydroxyl groups excluding tert-OH is 4. The first kappa shape index (κ1) is 17.3. The van der Waals surface area contributed by atoms with Gasteiger partial charge < -0.3 is 36.2 Å². The Morgan fingerprint density at radius 1 is 1.25 bits per heavy atom. The fourth-order valence-electron chi connectivity index (χ4n) is 2.08. The number of amides is 1. The van der Waals surface area contributed by atoms with Gasteiger partial charge in [-0.1, -0.05) is 13.8 Å². The van der Waals surface area contributed by atoms with Crippen molar-refractivity contribution in [2.75, 3.05) is 6.61 Å². The van der Waals surface area contributed by atoms with Crippen LogP contribution in [0.3, 0.4) is 0 Å². The van der Waals surface area contributed by atoms with E-state index in [1.165, 1.54) is 0 Å². The quantitative estimate of drug-likeness (QED) is 0.323. The lowest BCUT2D eigenvalue weighted by Gasteiger charge is -2.40. The minimum absolute atomic E-state index is 0.227. The molecule has 1 heterocycles. The molecular weight excluding hydrogens is 268 g/mol. The van der Waals surface area contributed by atoms with Crippen LogP contribution in [0.5, 0.6) is 0 Å². The highest BCUT2D eigenvalue weighted by Crippen LogP contribution is 2.19. The summed E-state index contributed by atoms with van der Waals surface area (Å²) >= 11 is 0. The van der Waals surface area contributed by atoms with Crippen LogP contribution in [-0.2, 0) is 9.53 Å². The second kappa shape index (κ2) is 7.30. The number of nitrogens with two attached hydrogens (primary N) is 1. The summed E-state index contributed by atoms with van der Waals surface area (Å²) in [6.07, 6.45) is -6.29. The Kier molecular flexibility index (Phi) is 6.31. The van der Waals surface area contributed by atoms with Gasteiger partial charge in [-0.25, -0.2) is 0 Å². The maximum atomic E-state index is 11.8. The second-order valence-corrected chi connectivity index (χ2v) is 5.49. The van der Waals surface area contributed by atoms with Gasteiger partial charge in [-0.2, -0.15) is 0 Å². The van der Waals surface area contributed by atoms with Crippen molar-refractivity contribution in [1.82, 2.24) is 5.32 Å². The summed E-state index contributed by atoms with van der Waals surface area (Å²) in [7, 11) is 0. The summed E-state index contributed by atoms with van der Waals surface area (Å²) in [4.78, 5) is 11.8. The number of carbonyl (C=O) groups is 1. The molecule has 20 heavy (non-hydrogen) atoms. The fourth-order valence-corrected chi connectivity index (χ4v) is 2.08. The molecule has 1 saturated heterocycles. The number of nitrogens with one attached hydrogen (secondary N) is 1. The van der Waals surface area contributed by atoms with E-state index >= 15 is 0 Å². The predicted molar refractivity (Wildman–Crippen MR) is 69.3 cm³/mol. The Balaban J connectivity index is 2.63. The molecule has 1 aliphatic heterocycles. The van der Waals surface area contributed by atoms with Gasteiger partial charge in [0.05, 0.1) is 12.6 Å². The number of carbonyl (C=O) groups excluding carboxylic acids is 1. The summed E-state index contributed by atoms with van der Waals surface area (Å²) in [6, 6.07) is -0.762. The van der Waals surface area contributed by atoms with Gasteiger partial charge in [0.2, 0.25) is 5.91 Å². The average Bonchev–Trinajstić information content (AvgIpc) is 2.38. The van der Waals surface area contributed by atoms with Gasteiger partial charge in [0.15, 0.2) is 6.23 Å². The lowest BCUT2D eigenvalue weighted by molar-refractivity contribution is -0.236. The van der Waals surface area contributed by atoms with Crippen molar-refractivity contribution in [2.45, 2.75) is 57.0 Å². The zero-order chi connectivity index (χ0) is 15.4. The van der Waals surface area contributed by atoms with E-state index in [1.54, 1.807) is 0 Å². The molecule has 8 nitrogen and oxygen atoms in total. The summed E-state index contributed by atoms with van der Waals surface area (Å²) < 4.78 is 5.16. The van der Waals surface area contributed by atoms with Gasteiger partial charge >= 0.3 is 0 Å². The van der Waals surface area contributed by atoms with Crippen molar-refractivity contribution in [3.63, 3.8) is 0 Å². The molecule has 1 rings (SSSR count). The topological polar surface area (TPSA) is 145 Å². The zero-order valence-corrected chi connectivity index (χ0v) is 11.6. The van der Waals surface area contributed by atoms with Crippen LogP contribution in [0.4, 0.5) is 0 Å². The second-order valence-electron chi connectivity index (χ2n) is 5.49. The van der Waals surface area contributed by atoms with E-state index in [1.807, 2.05) is 13.8 Å². The Morgan fingerprint density at radius 2 is 1.85 bits per heavy atom. The van der Waals surface area contributed by atoms with Crippen LogP contribution >= 0.6 is 0 Å². The Labute approximate surface area is 117 Å². The van der Waals surface area contributed by atoms with Gasteiger partial charge in [0.1, 0.15) is 24.4 Å². The SMILES string of the molecule is CC(C)C[C@H](N)C(=O)N[C@@H]1O[C@H](CO)[C@@H](O)[C@H](O)[C@H]1O. The van der Waals surface area contributed by atoms with Crippen LogP contribution in [0.15, 0.2) is 0 Å². The van der Waals surface area contributed by atoms with E-state index in [9.17, 15) is 20.1 Å². The van der Waals surface area contributed by atoms with Crippen molar-refractivity contribution in [1.29, 1.82) is 0 Å². The molecule has 0 radical (unpaired) electrons. The Hall–Kier alpha value is -0.770. The van der Waals surface area contributed by atoms with E-state index in [0.717, 1.165) is 0 Å². The standard InChI is InChI=1S/C12H24N2O6/c1-5(2)3-6(13)11(19)14-12-10(18)9(17)8(16)7(4-15)20-12/h5-10,12,15-18H,3-4,13H2,1-2H3,(H,14,19)/t6-,7+,8+,9-,10+,12+/m0/s1. The number of ether oxygens (including phenoxy) is 1. The maximum Gasteiger partial charge on any atom is 0.238 e. The molecule has 0 spiro atoms. The van der Waals surface area contributed by atoms with Crippen LogP contribution in [0.2, 0.25) is 0 Å². The Bertz CT molecular complexity index is 325. The number of rotatable bonds is 5. The molecule has 7 N–H and O–H groups in total. The Morgan fingerprint density at radius 3 is 2.35 bits per heavy atom. The smallest absolute Gasteiger partial charge is 0.238 e. The molecule has 0 unspecified atom stereocenters. The van der Waals surface area contributed by atoms with Gasteiger partial charge in [-0.15, -0.1) is 0 Å². The monoisotopic (exact) mass is 292 g/mol. The lowest BCUT2D eigenvalue weighted by Crippen LogP contribution is -2.64. The van der Waals surface area contributed by atoms with E-state index in [2.05, 4.69) is 5.32 Å². The van der Waals surface area contributed by atoms with Crippen molar-refractivity contribution < 1.29 is 30.0 Å². The molecule has 6 atom stereocenters. The van der Waals surface area contributed by atoms with Gasteiger partial charge in [0, 0.05) is 0 Å². The average molecular weight is 292 g/mol. The van der Waals surface area contributed by atoms with Crippen LogP contribution in [0.1, 0.15) is 20.3 Å².